The number of Topliss-reactive ketones (excluding diaryl/α,β-unsaturated/α-hetero) is 1. The molecule has 0 aliphatic heterocycles. The van der Waals surface area contributed by atoms with Crippen LogP contribution in [0.4, 0.5) is 0 Å². The van der Waals surface area contributed by atoms with Crippen molar-refractivity contribution in [2.45, 2.75) is 124 Å². The van der Waals surface area contributed by atoms with Gasteiger partial charge in [-0.25, -0.2) is 8.42 Å². The van der Waals surface area contributed by atoms with E-state index in [1.807, 2.05) is 20.8 Å². The first-order valence-electron chi connectivity index (χ1n) is 11.3. The summed E-state index contributed by atoms with van der Waals surface area (Å²) in [6.07, 6.45) is 18.4. The Bertz CT molecular complexity index is 486. The van der Waals surface area contributed by atoms with Crippen LogP contribution in [-0.4, -0.2) is 25.4 Å². The van der Waals surface area contributed by atoms with E-state index in [0.29, 0.717) is 12.2 Å². The Morgan fingerprint density at radius 2 is 1.00 bits per heavy atom. The van der Waals surface area contributed by atoms with Crippen molar-refractivity contribution in [1.29, 1.82) is 0 Å². The molecule has 0 unspecified atom stereocenters. The number of rotatable bonds is 19. The quantitative estimate of drug-likeness (QED) is 0.133. The van der Waals surface area contributed by atoms with Gasteiger partial charge in [0.1, 0.15) is 5.78 Å². The van der Waals surface area contributed by atoms with E-state index < -0.39 is 10.4 Å². The SMILES string of the molecule is CC(C)(C)C(=O)CCCCCCCCCCCCCCCCCOS(=O)(=O)[O-].[Na+]. The number of carbonyl (C=O) groups excluding carboxylic acids is 1. The molecule has 0 fully saturated rings. The summed E-state index contributed by atoms with van der Waals surface area (Å²) in [7, 11) is -4.52. The second-order valence-electron chi connectivity index (χ2n) is 8.96. The van der Waals surface area contributed by atoms with Crippen LogP contribution in [0.1, 0.15) is 124 Å². The summed E-state index contributed by atoms with van der Waals surface area (Å²) in [4.78, 5) is 11.8. The van der Waals surface area contributed by atoms with Gasteiger partial charge >= 0.3 is 29.6 Å². The van der Waals surface area contributed by atoms with Crippen LogP contribution in [0.2, 0.25) is 0 Å². The maximum absolute atomic E-state index is 11.8. The third kappa shape index (κ3) is 24.7. The number of carbonyl (C=O) groups is 1. The average molecular weight is 443 g/mol. The van der Waals surface area contributed by atoms with Crippen LogP contribution >= 0.6 is 0 Å². The Balaban J connectivity index is 0. The summed E-state index contributed by atoms with van der Waals surface area (Å²) < 4.78 is 34.9. The molecule has 0 aromatic heterocycles. The van der Waals surface area contributed by atoms with Crippen molar-refractivity contribution in [3.8, 4) is 0 Å². The number of unbranched alkanes of at least 4 members (excludes halogenated alkanes) is 14. The molecular weight excluding hydrogens is 399 g/mol. The number of hydrogen-bond donors (Lipinski definition) is 0. The largest absolute Gasteiger partial charge is 1.00 e. The van der Waals surface area contributed by atoms with Crippen LogP contribution in [0.5, 0.6) is 0 Å². The van der Waals surface area contributed by atoms with E-state index in [9.17, 15) is 17.8 Å². The van der Waals surface area contributed by atoms with E-state index in [2.05, 4.69) is 4.18 Å². The third-order valence-electron chi connectivity index (χ3n) is 5.11. The molecule has 0 saturated carbocycles. The Kier molecular flexibility index (Phi) is 21.0. The Morgan fingerprint density at radius 1 is 0.690 bits per heavy atom. The fraction of sp³-hybridized carbons (Fsp3) is 0.955. The first kappa shape index (κ1) is 31.7. The second-order valence-corrected chi connectivity index (χ2v) is 10.0. The van der Waals surface area contributed by atoms with E-state index in [1.165, 1.54) is 70.6 Å². The van der Waals surface area contributed by atoms with Gasteiger partial charge in [0.2, 0.25) is 10.4 Å². The molecule has 0 rings (SSSR count). The Labute approximate surface area is 202 Å². The van der Waals surface area contributed by atoms with E-state index in [0.717, 1.165) is 25.7 Å². The molecule has 0 aromatic carbocycles. The second kappa shape index (κ2) is 19.2. The van der Waals surface area contributed by atoms with Gasteiger partial charge in [-0.1, -0.05) is 104 Å². The summed E-state index contributed by atoms with van der Waals surface area (Å²) in [5.74, 6) is 0.385. The van der Waals surface area contributed by atoms with Crippen molar-refractivity contribution in [3.63, 3.8) is 0 Å². The normalized spacial score (nSPS) is 12.0. The van der Waals surface area contributed by atoms with Crippen LogP contribution in [0.25, 0.3) is 0 Å². The van der Waals surface area contributed by atoms with Gasteiger partial charge in [-0.05, 0) is 12.8 Å². The van der Waals surface area contributed by atoms with Gasteiger partial charge in [-0.3, -0.25) is 8.98 Å². The van der Waals surface area contributed by atoms with Crippen LogP contribution in [0, 0.1) is 5.41 Å². The number of ketones is 1. The van der Waals surface area contributed by atoms with Gasteiger partial charge < -0.3 is 4.55 Å². The molecule has 0 saturated heterocycles. The van der Waals surface area contributed by atoms with Crippen LogP contribution in [0.3, 0.4) is 0 Å². The van der Waals surface area contributed by atoms with E-state index >= 15 is 0 Å². The Morgan fingerprint density at radius 3 is 1.31 bits per heavy atom. The van der Waals surface area contributed by atoms with E-state index in [-0.39, 0.29) is 41.6 Å². The van der Waals surface area contributed by atoms with Crippen LogP contribution in [0.15, 0.2) is 0 Å². The fourth-order valence-electron chi connectivity index (χ4n) is 3.22. The van der Waals surface area contributed by atoms with Crippen molar-refractivity contribution < 1.29 is 51.5 Å². The zero-order valence-corrected chi connectivity index (χ0v) is 22.3. The molecule has 0 spiro atoms. The maximum Gasteiger partial charge on any atom is 1.00 e. The summed E-state index contributed by atoms with van der Waals surface area (Å²) in [6, 6.07) is 0. The van der Waals surface area contributed by atoms with E-state index in [4.69, 9.17) is 0 Å². The van der Waals surface area contributed by atoms with Gasteiger partial charge in [-0.15, -0.1) is 0 Å². The number of hydrogen-bond acceptors (Lipinski definition) is 5. The molecule has 168 valence electrons. The first-order chi connectivity index (χ1) is 13.1. The summed E-state index contributed by atoms with van der Waals surface area (Å²) in [6.45, 7) is 6.01. The maximum atomic E-state index is 11.8. The minimum Gasteiger partial charge on any atom is -0.726 e. The van der Waals surface area contributed by atoms with Crippen molar-refractivity contribution in [2.75, 3.05) is 6.61 Å². The molecule has 0 heterocycles. The summed E-state index contributed by atoms with van der Waals surface area (Å²) in [5.41, 5.74) is -0.182. The monoisotopic (exact) mass is 442 g/mol. The molecule has 0 N–H and O–H groups in total. The third-order valence-corrected chi connectivity index (χ3v) is 5.57. The van der Waals surface area contributed by atoms with Gasteiger partial charge in [0.25, 0.3) is 0 Å². The summed E-state index contributed by atoms with van der Waals surface area (Å²) in [5, 5.41) is 0. The van der Waals surface area contributed by atoms with Crippen LogP contribution in [-0.2, 0) is 19.4 Å². The molecule has 7 heteroatoms. The predicted molar refractivity (Wildman–Crippen MR) is 114 cm³/mol. The molecule has 0 aliphatic rings. The molecule has 5 nitrogen and oxygen atoms in total. The molecular formula is C22H43NaO5S. The van der Waals surface area contributed by atoms with Crippen LogP contribution < -0.4 is 29.6 Å². The molecule has 0 amide bonds. The predicted octanol–water partition coefficient (Wildman–Crippen LogP) is 3.32. The molecule has 0 bridgehead atoms. The van der Waals surface area contributed by atoms with Gasteiger partial charge in [0, 0.05) is 11.8 Å². The smallest absolute Gasteiger partial charge is 0.726 e. The van der Waals surface area contributed by atoms with Crippen molar-refractivity contribution in [2.24, 2.45) is 5.41 Å². The van der Waals surface area contributed by atoms with Crippen molar-refractivity contribution in [1.82, 2.24) is 0 Å². The fourth-order valence-corrected chi connectivity index (χ4v) is 3.54. The Hall–Kier alpha value is 0.540. The average Bonchev–Trinajstić information content (AvgIpc) is 2.58. The zero-order chi connectivity index (χ0) is 21.3. The first-order valence-corrected chi connectivity index (χ1v) is 12.6. The van der Waals surface area contributed by atoms with Gasteiger partial charge in [-0.2, -0.15) is 0 Å². The minimum absolute atomic E-state index is 0. The molecule has 0 aromatic rings. The van der Waals surface area contributed by atoms with Gasteiger partial charge in [0.05, 0.1) is 6.61 Å². The van der Waals surface area contributed by atoms with Crippen molar-refractivity contribution in [3.05, 3.63) is 0 Å². The van der Waals surface area contributed by atoms with Gasteiger partial charge in [0.15, 0.2) is 0 Å². The topological polar surface area (TPSA) is 83.5 Å². The zero-order valence-electron chi connectivity index (χ0n) is 19.5. The molecule has 0 aliphatic carbocycles. The standard InChI is InChI=1S/C22H44O5S.Na/c1-22(2,3)21(23)19-17-15-13-11-9-7-5-4-6-8-10-12-14-16-18-20-27-28(24,25)26;/h4-20H2,1-3H3,(H,24,25,26);/q;+1/p-1. The van der Waals surface area contributed by atoms with E-state index in [1.54, 1.807) is 0 Å². The molecule has 0 radical (unpaired) electrons. The molecule has 0 atom stereocenters. The minimum atomic E-state index is -4.52. The molecule has 29 heavy (non-hydrogen) atoms. The summed E-state index contributed by atoms with van der Waals surface area (Å²) >= 11 is 0. The van der Waals surface area contributed by atoms with Crippen molar-refractivity contribution >= 4 is 16.2 Å².